The Morgan fingerprint density at radius 1 is 1.21 bits per heavy atom. The third kappa shape index (κ3) is 5.16. The van der Waals surface area contributed by atoms with Gasteiger partial charge in [0.05, 0.1) is 17.9 Å². The van der Waals surface area contributed by atoms with Crippen molar-refractivity contribution >= 4 is 27.6 Å². The summed E-state index contributed by atoms with van der Waals surface area (Å²) in [4.78, 5) is 19.2. The lowest BCUT2D eigenvalue weighted by atomic mass is 9.98. The predicted molar refractivity (Wildman–Crippen MR) is 130 cm³/mol. The van der Waals surface area contributed by atoms with Gasteiger partial charge in [-0.05, 0) is 55.4 Å². The molecule has 1 aliphatic carbocycles. The van der Waals surface area contributed by atoms with Crippen LogP contribution in [0.4, 0.5) is 5.82 Å². The third-order valence-electron chi connectivity index (χ3n) is 6.52. The van der Waals surface area contributed by atoms with Crippen LogP contribution in [0.3, 0.4) is 0 Å². The minimum Gasteiger partial charge on any atom is -0.492 e. The third-order valence-corrected chi connectivity index (χ3v) is 7.67. The maximum Gasteiger partial charge on any atom is 0.259 e. The van der Waals surface area contributed by atoms with Crippen LogP contribution < -0.4 is 20.7 Å². The van der Waals surface area contributed by atoms with Crippen molar-refractivity contribution in [2.75, 3.05) is 31.1 Å². The van der Waals surface area contributed by atoms with Gasteiger partial charge >= 0.3 is 0 Å². The predicted octanol–water partition coefficient (Wildman–Crippen LogP) is 2.07. The summed E-state index contributed by atoms with van der Waals surface area (Å²) in [7, 11) is -3.58. The molecule has 0 spiro atoms. The molecule has 1 aromatic heterocycles. The monoisotopic (exact) mass is 483 g/mol. The number of anilines is 1. The maximum absolute atomic E-state index is 12.5. The van der Waals surface area contributed by atoms with E-state index in [2.05, 4.69) is 19.6 Å². The van der Waals surface area contributed by atoms with Gasteiger partial charge < -0.3 is 20.7 Å². The molecule has 9 nitrogen and oxygen atoms in total. The number of hydrogen-bond acceptors (Lipinski definition) is 7. The van der Waals surface area contributed by atoms with E-state index in [1.165, 1.54) is 12.8 Å². The number of nitrogens with two attached hydrogens (primary N) is 1. The van der Waals surface area contributed by atoms with Crippen molar-refractivity contribution in [2.45, 2.75) is 31.4 Å². The molecule has 1 atom stereocenters. The Bertz CT molecular complexity index is 1230. The van der Waals surface area contributed by atoms with Crippen molar-refractivity contribution in [3.8, 4) is 5.75 Å². The molecule has 2 fully saturated rings. The molecule has 5 rings (SSSR count). The Morgan fingerprint density at radius 3 is 2.88 bits per heavy atom. The van der Waals surface area contributed by atoms with E-state index in [1.807, 2.05) is 6.07 Å². The first-order chi connectivity index (χ1) is 16.4. The van der Waals surface area contributed by atoms with Gasteiger partial charge in [0.15, 0.2) is 0 Å². The maximum atomic E-state index is 12.5. The van der Waals surface area contributed by atoms with E-state index < -0.39 is 10.0 Å². The molecule has 0 unspecified atom stereocenters. The fourth-order valence-corrected chi connectivity index (χ4v) is 5.63. The van der Waals surface area contributed by atoms with E-state index in [1.54, 1.807) is 30.5 Å². The van der Waals surface area contributed by atoms with Crippen LogP contribution in [0.1, 0.15) is 47.2 Å². The molecule has 0 bridgehead atoms. The number of ether oxygens (including phenoxy) is 1. The average Bonchev–Trinajstić information content (AvgIpc) is 3.65. The summed E-state index contributed by atoms with van der Waals surface area (Å²) in [6.45, 7) is 2.83. The number of carbonyl (C=O) groups is 1. The smallest absolute Gasteiger partial charge is 0.259 e. The molecule has 3 N–H and O–H groups in total. The minimum atomic E-state index is -3.58. The van der Waals surface area contributed by atoms with Crippen LogP contribution in [0.2, 0.25) is 0 Å². The zero-order chi connectivity index (χ0) is 23.7. The zero-order valence-corrected chi connectivity index (χ0v) is 19.8. The first-order valence-corrected chi connectivity index (χ1v) is 13.3. The van der Waals surface area contributed by atoms with Crippen LogP contribution in [0.5, 0.6) is 5.75 Å². The Labute approximate surface area is 199 Å². The van der Waals surface area contributed by atoms with Gasteiger partial charge in [0.2, 0.25) is 0 Å². The number of nitrogens with zero attached hydrogens (tertiary/aromatic N) is 3. The molecule has 1 saturated carbocycles. The number of benzene rings is 1. The molecule has 1 saturated heterocycles. The highest BCUT2D eigenvalue weighted by Gasteiger charge is 2.27. The van der Waals surface area contributed by atoms with Gasteiger partial charge in [-0.2, -0.15) is 0 Å². The topological polar surface area (TPSA) is 127 Å². The molecule has 1 amide bonds. The molecule has 180 valence electrons. The van der Waals surface area contributed by atoms with Gasteiger partial charge in [0, 0.05) is 37.3 Å². The van der Waals surface area contributed by atoms with Crippen molar-refractivity contribution in [2.24, 2.45) is 22.0 Å². The van der Waals surface area contributed by atoms with Crippen molar-refractivity contribution in [1.29, 1.82) is 0 Å². The van der Waals surface area contributed by atoms with Crippen LogP contribution in [-0.4, -0.2) is 51.4 Å². The number of amides is 1. The Hall–Kier alpha value is -3.14. The number of nitrogens with one attached hydrogen (secondary N) is 1. The summed E-state index contributed by atoms with van der Waals surface area (Å²) in [6, 6.07) is 8.92. The molecular formula is C24H29N5O4S. The molecule has 1 aromatic carbocycles. The van der Waals surface area contributed by atoms with Gasteiger partial charge in [-0.1, -0.05) is 12.1 Å². The van der Waals surface area contributed by atoms with Gasteiger partial charge in [-0.25, -0.2) is 13.4 Å². The fraction of sp³-hybridized carbons (Fsp3) is 0.458. The molecule has 34 heavy (non-hydrogen) atoms. The van der Waals surface area contributed by atoms with E-state index >= 15 is 0 Å². The SMILES string of the molecule is NC1=NS(=O)(=O)Cc2cccc(OC[C@H]3CCCN(c4cc(C(=O)NCC5CC5)ccn4)C3)c21. The molecule has 2 aliphatic heterocycles. The Balaban J connectivity index is 1.23. The lowest BCUT2D eigenvalue weighted by Gasteiger charge is -2.33. The van der Waals surface area contributed by atoms with Gasteiger partial charge in [-0.15, -0.1) is 4.40 Å². The normalized spacial score (nSPS) is 21.4. The second-order valence-corrected chi connectivity index (χ2v) is 10.9. The number of carbonyl (C=O) groups excluding carboxylic acids is 1. The van der Waals surface area contributed by atoms with Crippen molar-refractivity contribution < 1.29 is 17.9 Å². The molecule has 3 heterocycles. The summed E-state index contributed by atoms with van der Waals surface area (Å²) >= 11 is 0. The number of hydrogen-bond donors (Lipinski definition) is 2. The van der Waals surface area contributed by atoms with Gasteiger partial charge in [0.1, 0.15) is 17.4 Å². The second kappa shape index (κ2) is 9.25. The minimum absolute atomic E-state index is 0.0249. The van der Waals surface area contributed by atoms with Crippen LogP contribution in [0, 0.1) is 11.8 Å². The molecule has 10 heteroatoms. The Kier molecular flexibility index (Phi) is 6.16. The number of sulfonamides is 1. The van der Waals surface area contributed by atoms with E-state index in [-0.39, 0.29) is 23.4 Å². The van der Waals surface area contributed by atoms with Gasteiger partial charge in [-0.3, -0.25) is 4.79 Å². The zero-order valence-electron chi connectivity index (χ0n) is 18.9. The quantitative estimate of drug-likeness (QED) is 0.617. The summed E-state index contributed by atoms with van der Waals surface area (Å²) < 4.78 is 33.6. The summed E-state index contributed by atoms with van der Waals surface area (Å²) in [5.41, 5.74) is 7.75. The highest BCUT2D eigenvalue weighted by atomic mass is 32.2. The number of fused-ring (bicyclic) bond motifs is 1. The van der Waals surface area contributed by atoms with Crippen molar-refractivity contribution in [1.82, 2.24) is 10.3 Å². The van der Waals surface area contributed by atoms with Crippen LogP contribution in [-0.2, 0) is 15.8 Å². The summed E-state index contributed by atoms with van der Waals surface area (Å²) in [5, 5.41) is 3.01. The molecule has 2 aromatic rings. The van der Waals surface area contributed by atoms with Crippen LogP contribution in [0.15, 0.2) is 40.9 Å². The van der Waals surface area contributed by atoms with E-state index in [0.717, 1.165) is 38.3 Å². The molecular weight excluding hydrogens is 454 g/mol. The molecule has 3 aliphatic rings. The van der Waals surface area contributed by atoms with Crippen molar-refractivity contribution in [3.05, 3.63) is 53.2 Å². The number of amidine groups is 1. The second-order valence-electron chi connectivity index (χ2n) is 9.31. The fourth-order valence-electron chi connectivity index (χ4n) is 4.54. The van der Waals surface area contributed by atoms with Gasteiger partial charge in [0.25, 0.3) is 15.9 Å². The van der Waals surface area contributed by atoms with Crippen molar-refractivity contribution in [3.63, 3.8) is 0 Å². The van der Waals surface area contributed by atoms with E-state index in [0.29, 0.717) is 35.0 Å². The number of rotatable bonds is 7. The lowest BCUT2D eigenvalue weighted by Crippen LogP contribution is -2.38. The lowest BCUT2D eigenvalue weighted by molar-refractivity contribution is 0.0951. The summed E-state index contributed by atoms with van der Waals surface area (Å²) in [6.07, 6.45) is 6.08. The van der Waals surface area contributed by atoms with Crippen LogP contribution in [0.25, 0.3) is 0 Å². The van der Waals surface area contributed by atoms with E-state index in [9.17, 15) is 13.2 Å². The number of piperidine rings is 1. The van der Waals surface area contributed by atoms with E-state index in [4.69, 9.17) is 10.5 Å². The summed E-state index contributed by atoms with van der Waals surface area (Å²) in [5.74, 6) is 1.98. The van der Waals surface area contributed by atoms with Crippen LogP contribution >= 0.6 is 0 Å². The molecule has 0 radical (unpaired) electrons. The largest absolute Gasteiger partial charge is 0.492 e. The first kappa shape index (κ1) is 22.6. The Morgan fingerprint density at radius 2 is 2.06 bits per heavy atom. The number of pyridine rings is 1. The number of aromatic nitrogens is 1. The first-order valence-electron chi connectivity index (χ1n) is 11.7. The highest BCUT2D eigenvalue weighted by Crippen LogP contribution is 2.30. The highest BCUT2D eigenvalue weighted by molar-refractivity contribution is 7.89. The standard InChI is InChI=1S/C24H29N5O4S/c25-23-22-19(15-34(31,32)28-23)4-1-5-20(22)33-14-17-3-2-10-29(13-17)21-11-18(8-9-26-21)24(30)27-12-16-6-7-16/h1,4-5,8-9,11,16-17H,2-3,6-7,10,12-15H2,(H2,25,28)(H,27,30)/t17-/m0/s1. The average molecular weight is 484 g/mol.